The van der Waals surface area contributed by atoms with Gasteiger partial charge in [-0.2, -0.15) is 0 Å². The molecule has 1 amide bonds. The van der Waals surface area contributed by atoms with E-state index in [1.54, 1.807) is 6.07 Å². The Morgan fingerprint density at radius 1 is 1.32 bits per heavy atom. The Bertz CT molecular complexity index is 537. The molecule has 0 unspecified atom stereocenters. The predicted octanol–water partition coefficient (Wildman–Crippen LogP) is 1.53. The van der Waals surface area contributed by atoms with Gasteiger partial charge >= 0.3 is 0 Å². The molecule has 0 aliphatic carbocycles. The zero-order chi connectivity index (χ0) is 15.5. The SMILES string of the molecule is C#CCNC(=NCCNC(=O)c1cccc(C)c1)NCC.I. The normalized spacial score (nSPS) is 10.1. The highest BCUT2D eigenvalue weighted by Crippen LogP contribution is 2.03. The fourth-order valence-electron chi connectivity index (χ4n) is 1.70. The van der Waals surface area contributed by atoms with Gasteiger partial charge in [0.05, 0.1) is 13.1 Å². The van der Waals surface area contributed by atoms with Crippen molar-refractivity contribution in [2.24, 2.45) is 4.99 Å². The van der Waals surface area contributed by atoms with E-state index >= 15 is 0 Å². The highest BCUT2D eigenvalue weighted by molar-refractivity contribution is 14.0. The lowest BCUT2D eigenvalue weighted by atomic mass is 10.1. The van der Waals surface area contributed by atoms with Crippen LogP contribution in [0.3, 0.4) is 0 Å². The topological polar surface area (TPSA) is 65.5 Å². The van der Waals surface area contributed by atoms with Crippen LogP contribution in [0.1, 0.15) is 22.8 Å². The van der Waals surface area contributed by atoms with E-state index in [0.29, 0.717) is 31.2 Å². The van der Waals surface area contributed by atoms with Crippen LogP contribution in [0.2, 0.25) is 0 Å². The number of hydrogen-bond donors (Lipinski definition) is 3. The molecule has 5 nitrogen and oxygen atoms in total. The van der Waals surface area contributed by atoms with E-state index in [1.807, 2.05) is 32.0 Å². The van der Waals surface area contributed by atoms with Crippen molar-refractivity contribution in [2.75, 3.05) is 26.2 Å². The molecule has 1 rings (SSSR count). The largest absolute Gasteiger partial charge is 0.357 e. The van der Waals surface area contributed by atoms with Crippen molar-refractivity contribution >= 4 is 35.8 Å². The van der Waals surface area contributed by atoms with Crippen molar-refractivity contribution in [3.05, 3.63) is 35.4 Å². The maximum absolute atomic E-state index is 11.9. The Morgan fingerprint density at radius 2 is 2.09 bits per heavy atom. The lowest BCUT2D eigenvalue weighted by Gasteiger charge is -2.09. The average Bonchev–Trinajstić information content (AvgIpc) is 2.48. The first-order valence-electron chi connectivity index (χ1n) is 6.98. The summed E-state index contributed by atoms with van der Waals surface area (Å²) < 4.78 is 0. The molecule has 0 bridgehead atoms. The van der Waals surface area contributed by atoms with E-state index in [0.717, 1.165) is 12.1 Å². The number of aryl methyl sites for hydroxylation is 1. The Morgan fingerprint density at radius 3 is 2.73 bits per heavy atom. The quantitative estimate of drug-likeness (QED) is 0.218. The molecule has 0 atom stereocenters. The highest BCUT2D eigenvalue weighted by Gasteiger charge is 2.04. The van der Waals surface area contributed by atoms with Crippen LogP contribution in [0.25, 0.3) is 0 Å². The minimum Gasteiger partial charge on any atom is -0.357 e. The number of aliphatic imine (C=N–C) groups is 1. The molecule has 22 heavy (non-hydrogen) atoms. The number of amides is 1. The van der Waals surface area contributed by atoms with Gasteiger partial charge in [0.1, 0.15) is 0 Å². The predicted molar refractivity (Wildman–Crippen MR) is 102 cm³/mol. The maximum Gasteiger partial charge on any atom is 0.251 e. The Labute approximate surface area is 149 Å². The summed E-state index contributed by atoms with van der Waals surface area (Å²) in [5, 5.41) is 8.90. The molecule has 3 N–H and O–H groups in total. The summed E-state index contributed by atoms with van der Waals surface area (Å²) in [6.45, 7) is 6.07. The van der Waals surface area contributed by atoms with Gasteiger partial charge in [0, 0.05) is 18.7 Å². The third-order valence-corrected chi connectivity index (χ3v) is 2.65. The second-order valence-electron chi connectivity index (χ2n) is 4.44. The fraction of sp³-hybridized carbons (Fsp3) is 0.375. The fourth-order valence-corrected chi connectivity index (χ4v) is 1.70. The summed E-state index contributed by atoms with van der Waals surface area (Å²) in [4.78, 5) is 16.2. The zero-order valence-electron chi connectivity index (χ0n) is 13.0. The van der Waals surface area contributed by atoms with Crippen LogP contribution in [-0.2, 0) is 0 Å². The Balaban J connectivity index is 0.00000441. The average molecular weight is 414 g/mol. The van der Waals surface area contributed by atoms with Crippen LogP contribution >= 0.6 is 24.0 Å². The molecule has 0 fully saturated rings. The summed E-state index contributed by atoms with van der Waals surface area (Å²) in [6.07, 6.45) is 5.19. The molecule has 120 valence electrons. The molecule has 1 aromatic carbocycles. The van der Waals surface area contributed by atoms with E-state index in [9.17, 15) is 4.79 Å². The number of guanidine groups is 1. The number of benzene rings is 1. The number of terminal acetylenes is 1. The van der Waals surface area contributed by atoms with Crippen molar-refractivity contribution in [3.63, 3.8) is 0 Å². The first-order chi connectivity index (χ1) is 10.2. The molecule has 0 spiro atoms. The number of nitrogens with one attached hydrogen (secondary N) is 3. The minimum absolute atomic E-state index is 0. The second-order valence-corrected chi connectivity index (χ2v) is 4.44. The monoisotopic (exact) mass is 414 g/mol. The highest BCUT2D eigenvalue weighted by atomic mass is 127. The lowest BCUT2D eigenvalue weighted by molar-refractivity contribution is 0.0954. The molecule has 6 heteroatoms. The van der Waals surface area contributed by atoms with Crippen LogP contribution in [-0.4, -0.2) is 38.0 Å². The molecule has 0 aliphatic heterocycles. The molecule has 0 radical (unpaired) electrons. The number of rotatable bonds is 6. The smallest absolute Gasteiger partial charge is 0.251 e. The molecular formula is C16H23IN4O. The first-order valence-corrected chi connectivity index (χ1v) is 6.98. The number of halogens is 1. The molecule has 0 aromatic heterocycles. The summed E-state index contributed by atoms with van der Waals surface area (Å²) >= 11 is 0. The van der Waals surface area contributed by atoms with Crippen LogP contribution in [0, 0.1) is 19.3 Å². The number of nitrogens with zero attached hydrogens (tertiary/aromatic N) is 1. The van der Waals surface area contributed by atoms with Gasteiger partial charge in [0.15, 0.2) is 5.96 Å². The molecular weight excluding hydrogens is 391 g/mol. The van der Waals surface area contributed by atoms with Crippen LogP contribution in [0.4, 0.5) is 0 Å². The Kier molecular flexibility index (Phi) is 10.9. The molecule has 1 aromatic rings. The van der Waals surface area contributed by atoms with Gasteiger partial charge in [0.25, 0.3) is 5.91 Å². The van der Waals surface area contributed by atoms with Gasteiger partial charge < -0.3 is 16.0 Å². The number of carbonyl (C=O) groups excluding carboxylic acids is 1. The summed E-state index contributed by atoms with van der Waals surface area (Å²) in [5.74, 6) is 3.06. The van der Waals surface area contributed by atoms with Crippen molar-refractivity contribution in [1.82, 2.24) is 16.0 Å². The van der Waals surface area contributed by atoms with E-state index < -0.39 is 0 Å². The number of hydrogen-bond acceptors (Lipinski definition) is 2. The van der Waals surface area contributed by atoms with Crippen molar-refractivity contribution < 1.29 is 4.79 Å². The lowest BCUT2D eigenvalue weighted by Crippen LogP contribution is -2.38. The van der Waals surface area contributed by atoms with E-state index in [-0.39, 0.29) is 29.9 Å². The maximum atomic E-state index is 11.9. The van der Waals surface area contributed by atoms with Gasteiger partial charge in [-0.25, -0.2) is 0 Å². The van der Waals surface area contributed by atoms with Crippen LogP contribution in [0.15, 0.2) is 29.3 Å². The van der Waals surface area contributed by atoms with Crippen molar-refractivity contribution in [3.8, 4) is 12.3 Å². The van der Waals surface area contributed by atoms with Crippen LogP contribution in [0.5, 0.6) is 0 Å². The second kappa shape index (κ2) is 11.9. The minimum atomic E-state index is -0.0875. The molecule has 0 heterocycles. The number of carbonyl (C=O) groups is 1. The molecule has 0 saturated carbocycles. The van der Waals surface area contributed by atoms with Crippen LogP contribution < -0.4 is 16.0 Å². The van der Waals surface area contributed by atoms with Gasteiger partial charge in [0.2, 0.25) is 0 Å². The Hall–Kier alpha value is -1.75. The van der Waals surface area contributed by atoms with Gasteiger partial charge in [-0.1, -0.05) is 23.6 Å². The van der Waals surface area contributed by atoms with E-state index in [1.165, 1.54) is 0 Å². The van der Waals surface area contributed by atoms with E-state index in [2.05, 4.69) is 26.9 Å². The summed E-state index contributed by atoms with van der Waals surface area (Å²) in [7, 11) is 0. The van der Waals surface area contributed by atoms with Gasteiger partial charge in [-0.15, -0.1) is 30.4 Å². The third kappa shape index (κ3) is 7.88. The van der Waals surface area contributed by atoms with E-state index in [4.69, 9.17) is 6.42 Å². The standard InChI is InChI=1S/C16H22N4O.HI/c1-4-9-19-16(17-5-2)20-11-10-18-15(21)14-8-6-7-13(3)12-14;/h1,6-8,12H,5,9-11H2,2-3H3,(H,18,21)(H2,17,19,20);1H. The van der Waals surface area contributed by atoms with Crippen molar-refractivity contribution in [2.45, 2.75) is 13.8 Å². The summed E-state index contributed by atoms with van der Waals surface area (Å²) in [6, 6.07) is 7.48. The zero-order valence-corrected chi connectivity index (χ0v) is 15.3. The van der Waals surface area contributed by atoms with Gasteiger partial charge in [-0.3, -0.25) is 9.79 Å². The molecule has 0 aliphatic rings. The summed E-state index contributed by atoms with van der Waals surface area (Å²) in [5.41, 5.74) is 1.73. The third-order valence-electron chi connectivity index (χ3n) is 2.65. The van der Waals surface area contributed by atoms with Crippen molar-refractivity contribution in [1.29, 1.82) is 0 Å². The molecule has 0 saturated heterocycles. The first kappa shape index (κ1) is 20.2. The van der Waals surface area contributed by atoms with Gasteiger partial charge in [-0.05, 0) is 26.0 Å².